The molecule has 11 nitrogen and oxygen atoms in total. The molecule has 0 radical (unpaired) electrons. The van der Waals surface area contributed by atoms with Gasteiger partial charge in [0.15, 0.2) is 0 Å². The number of carbonyl (C=O) groups excluding carboxylic acids is 2. The topological polar surface area (TPSA) is 144 Å². The highest BCUT2D eigenvalue weighted by atomic mass is 32.1. The minimum absolute atomic E-state index is 0.150. The summed E-state index contributed by atoms with van der Waals surface area (Å²) < 4.78 is 3.27. The minimum Gasteiger partial charge on any atom is -0.390 e. The molecule has 1 fully saturated rings. The fourth-order valence-electron chi connectivity index (χ4n) is 5.15. The van der Waals surface area contributed by atoms with Crippen molar-refractivity contribution in [3.63, 3.8) is 0 Å². The summed E-state index contributed by atoms with van der Waals surface area (Å²) in [5.41, 5.74) is 9.70. The number of likely N-dealkylation sites (tertiary alicyclic amines) is 1. The quantitative estimate of drug-likeness (QED) is 0.314. The smallest absolute Gasteiger partial charge is 0.253 e. The Morgan fingerprint density at radius 2 is 2.05 bits per heavy atom. The second-order valence-corrected chi connectivity index (χ2v) is 11.3. The summed E-state index contributed by atoms with van der Waals surface area (Å²) in [5, 5.41) is 21.8. The average Bonchev–Trinajstić information content (AvgIpc) is 3.61. The summed E-state index contributed by atoms with van der Waals surface area (Å²) in [6.45, 7) is 8.43. The summed E-state index contributed by atoms with van der Waals surface area (Å²) in [4.78, 5) is 33.5. The number of amides is 2. The molecule has 38 heavy (non-hydrogen) atoms. The summed E-state index contributed by atoms with van der Waals surface area (Å²) >= 11 is 1.33. The number of aromatic nitrogens is 5. The first-order valence-corrected chi connectivity index (χ1v) is 13.4. The van der Waals surface area contributed by atoms with E-state index >= 15 is 0 Å². The van der Waals surface area contributed by atoms with E-state index in [1.807, 2.05) is 13.1 Å². The van der Waals surface area contributed by atoms with Gasteiger partial charge in [-0.3, -0.25) is 24.2 Å². The zero-order chi connectivity index (χ0) is 27.2. The molecule has 4 aromatic heterocycles. The Hall–Kier alpha value is -3.61. The fourth-order valence-corrected chi connectivity index (χ4v) is 6.40. The number of carbonyl (C=O) groups is 2. The van der Waals surface area contributed by atoms with Gasteiger partial charge in [0, 0.05) is 54.9 Å². The molecule has 0 aromatic carbocycles. The van der Waals surface area contributed by atoms with Gasteiger partial charge >= 0.3 is 0 Å². The maximum absolute atomic E-state index is 13.1. The molecule has 1 saturated heterocycles. The van der Waals surface area contributed by atoms with Gasteiger partial charge in [-0.25, -0.2) is 4.52 Å². The Balaban J connectivity index is 1.53. The lowest BCUT2D eigenvalue weighted by Crippen LogP contribution is -2.43. The number of nitrogens with one attached hydrogen (secondary N) is 1. The number of nitrogens with zero attached hydrogens (tertiary/aromatic N) is 6. The van der Waals surface area contributed by atoms with Crippen molar-refractivity contribution in [2.24, 2.45) is 12.8 Å². The Morgan fingerprint density at radius 1 is 1.26 bits per heavy atom. The average molecular weight is 537 g/mol. The molecule has 1 aliphatic heterocycles. The number of rotatable bonds is 8. The summed E-state index contributed by atoms with van der Waals surface area (Å²) in [6.07, 6.45) is 7.14. The molecule has 0 unspecified atom stereocenters. The lowest BCUT2D eigenvalue weighted by molar-refractivity contribution is 0.0939. The van der Waals surface area contributed by atoms with Crippen LogP contribution in [0, 0.1) is 6.92 Å². The third-order valence-electron chi connectivity index (χ3n) is 7.26. The molecule has 0 aliphatic carbocycles. The molecular weight excluding hydrogens is 504 g/mol. The van der Waals surface area contributed by atoms with E-state index in [0.29, 0.717) is 50.7 Å². The Kier molecular flexibility index (Phi) is 6.80. The van der Waals surface area contributed by atoms with Crippen LogP contribution in [0.3, 0.4) is 0 Å². The highest BCUT2D eigenvalue weighted by Crippen LogP contribution is 2.42. The normalized spacial score (nSPS) is 15.4. The van der Waals surface area contributed by atoms with E-state index in [2.05, 4.69) is 39.2 Å². The summed E-state index contributed by atoms with van der Waals surface area (Å²) in [7, 11) is 1.77. The van der Waals surface area contributed by atoms with Crippen molar-refractivity contribution in [3.8, 4) is 21.7 Å². The van der Waals surface area contributed by atoms with Crippen LogP contribution in [0.5, 0.6) is 0 Å². The molecule has 4 N–H and O–H groups in total. The molecule has 0 bridgehead atoms. The summed E-state index contributed by atoms with van der Waals surface area (Å²) in [6, 6.07) is 1.79. The van der Waals surface area contributed by atoms with Gasteiger partial charge < -0.3 is 16.2 Å². The van der Waals surface area contributed by atoms with Gasteiger partial charge in [-0.05, 0) is 46.2 Å². The molecule has 2 amide bonds. The number of hydrogen-bond donors (Lipinski definition) is 3. The van der Waals surface area contributed by atoms with Gasteiger partial charge in [0.25, 0.3) is 11.8 Å². The van der Waals surface area contributed by atoms with Crippen molar-refractivity contribution in [2.75, 3.05) is 19.6 Å². The van der Waals surface area contributed by atoms with Gasteiger partial charge in [-0.15, -0.1) is 11.3 Å². The largest absolute Gasteiger partial charge is 0.390 e. The van der Waals surface area contributed by atoms with Crippen LogP contribution in [0.25, 0.3) is 26.5 Å². The van der Waals surface area contributed by atoms with Crippen LogP contribution in [0.15, 0.2) is 24.7 Å². The van der Waals surface area contributed by atoms with Crippen LogP contribution >= 0.6 is 11.3 Å². The van der Waals surface area contributed by atoms with Crippen LogP contribution < -0.4 is 11.1 Å². The number of aliphatic hydroxyl groups excluding tert-OH is 1. The van der Waals surface area contributed by atoms with Crippen molar-refractivity contribution in [3.05, 3.63) is 47.2 Å². The van der Waals surface area contributed by atoms with Crippen molar-refractivity contribution < 1.29 is 14.7 Å². The predicted octanol–water partition coefficient (Wildman–Crippen LogP) is 2.36. The molecular formula is C26H32N8O3S. The number of pyridine rings is 1. The number of primary amides is 1. The van der Waals surface area contributed by atoms with E-state index in [1.54, 1.807) is 28.5 Å². The standard InChI is InChI=1S/C26H32N8O3S/c1-15-17(10-16(11-29-15)24(37)28-7-9-33-8-5-6-26(33,2)3)21-22(19-13-32(4)31-20(19)14-35)38-25-18(23(27)36)12-30-34(21)25/h10-13,35H,5-9,14H2,1-4H3,(H2,27,36)(H,28,37). The van der Waals surface area contributed by atoms with Crippen molar-refractivity contribution in [2.45, 2.75) is 45.8 Å². The molecule has 5 rings (SSSR count). The van der Waals surface area contributed by atoms with Gasteiger partial charge in [-0.1, -0.05) is 0 Å². The Bertz CT molecular complexity index is 1530. The van der Waals surface area contributed by atoms with E-state index in [0.717, 1.165) is 24.4 Å². The SMILES string of the molecule is Cc1ncc(C(=O)NCCN2CCCC2(C)C)cc1-c1c(-c2cn(C)nc2CO)sc2c(C(N)=O)cnn12. The highest BCUT2D eigenvalue weighted by molar-refractivity contribution is 7.21. The lowest BCUT2D eigenvalue weighted by Gasteiger charge is -2.31. The second-order valence-electron chi connectivity index (χ2n) is 10.3. The van der Waals surface area contributed by atoms with E-state index in [9.17, 15) is 14.7 Å². The van der Waals surface area contributed by atoms with E-state index in [-0.39, 0.29) is 18.1 Å². The van der Waals surface area contributed by atoms with E-state index < -0.39 is 5.91 Å². The summed E-state index contributed by atoms with van der Waals surface area (Å²) in [5.74, 6) is -0.795. The highest BCUT2D eigenvalue weighted by Gasteiger charge is 2.31. The van der Waals surface area contributed by atoms with Crippen LogP contribution in [0.1, 0.15) is 58.8 Å². The van der Waals surface area contributed by atoms with Crippen molar-refractivity contribution >= 4 is 28.0 Å². The second kappa shape index (κ2) is 9.93. The predicted molar refractivity (Wildman–Crippen MR) is 145 cm³/mol. The maximum atomic E-state index is 13.1. The third-order valence-corrected chi connectivity index (χ3v) is 8.46. The minimum atomic E-state index is -0.586. The number of aliphatic hydroxyl groups is 1. The monoisotopic (exact) mass is 536 g/mol. The van der Waals surface area contributed by atoms with Crippen LogP contribution in [-0.4, -0.2) is 71.4 Å². The molecule has 0 spiro atoms. The maximum Gasteiger partial charge on any atom is 0.253 e. The zero-order valence-corrected chi connectivity index (χ0v) is 22.8. The first-order valence-electron chi connectivity index (χ1n) is 12.5. The Morgan fingerprint density at radius 3 is 2.74 bits per heavy atom. The molecule has 5 heterocycles. The van der Waals surface area contributed by atoms with E-state index in [1.165, 1.54) is 24.0 Å². The van der Waals surface area contributed by atoms with Crippen molar-refractivity contribution in [1.29, 1.82) is 0 Å². The lowest BCUT2D eigenvalue weighted by atomic mass is 10.0. The van der Waals surface area contributed by atoms with Crippen LogP contribution in [0.2, 0.25) is 0 Å². The van der Waals surface area contributed by atoms with Gasteiger partial charge in [-0.2, -0.15) is 10.2 Å². The first-order chi connectivity index (χ1) is 18.1. The number of hydrogen-bond acceptors (Lipinski definition) is 8. The molecule has 4 aromatic rings. The van der Waals surface area contributed by atoms with E-state index in [4.69, 9.17) is 5.73 Å². The Labute approximate surface area is 224 Å². The molecule has 0 saturated carbocycles. The number of aryl methyl sites for hydroxylation is 2. The van der Waals surface area contributed by atoms with Crippen LogP contribution in [-0.2, 0) is 13.7 Å². The van der Waals surface area contributed by atoms with Crippen LogP contribution in [0.4, 0.5) is 0 Å². The van der Waals surface area contributed by atoms with Gasteiger partial charge in [0.2, 0.25) is 0 Å². The third kappa shape index (κ3) is 4.59. The molecule has 200 valence electrons. The number of nitrogens with two attached hydrogens (primary N) is 1. The number of thiazole rings is 1. The molecule has 12 heteroatoms. The van der Waals surface area contributed by atoms with Crippen molar-refractivity contribution in [1.82, 2.24) is 34.6 Å². The molecule has 1 aliphatic rings. The fraction of sp³-hybridized carbons (Fsp3) is 0.423. The van der Waals surface area contributed by atoms with Gasteiger partial charge in [0.05, 0.1) is 40.2 Å². The van der Waals surface area contributed by atoms with Gasteiger partial charge in [0.1, 0.15) is 4.83 Å². The first kappa shape index (κ1) is 26.0. The zero-order valence-electron chi connectivity index (χ0n) is 22.0. The molecule has 0 atom stereocenters. The number of fused-ring (bicyclic) bond motifs is 1.